The van der Waals surface area contributed by atoms with Crippen molar-refractivity contribution < 1.29 is 14.3 Å². The molecule has 0 aliphatic carbocycles. The summed E-state index contributed by atoms with van der Waals surface area (Å²) in [4.78, 5) is 12.0. The molecule has 3 N–H and O–H groups in total. The highest BCUT2D eigenvalue weighted by molar-refractivity contribution is 5.86. The number of amides is 1. The maximum absolute atomic E-state index is 14.3. The van der Waals surface area contributed by atoms with E-state index in [4.69, 9.17) is 0 Å². The van der Waals surface area contributed by atoms with Crippen molar-refractivity contribution in [3.05, 3.63) is 35.9 Å². The number of hydrogen-bond donors (Lipinski definition) is 3. The lowest BCUT2D eigenvalue weighted by Gasteiger charge is -2.23. The quantitative estimate of drug-likeness (QED) is 0.745. The number of carbonyl (C=O) groups excluding carboxylic acids is 1. The maximum Gasteiger partial charge on any atom is 0.259 e. The molecule has 22 heavy (non-hydrogen) atoms. The van der Waals surface area contributed by atoms with Crippen molar-refractivity contribution in [2.24, 2.45) is 0 Å². The van der Waals surface area contributed by atoms with E-state index in [9.17, 15) is 14.3 Å². The SMILES string of the molecule is CC(O)CC(CNC(=O)C1(F)CCNC1)c1ccccc1.Cl. The second-order valence-corrected chi connectivity index (χ2v) is 5.79. The van der Waals surface area contributed by atoms with Gasteiger partial charge in [0.2, 0.25) is 5.67 Å². The number of aliphatic hydroxyl groups excluding tert-OH is 1. The van der Waals surface area contributed by atoms with Crippen molar-refractivity contribution in [1.29, 1.82) is 0 Å². The summed E-state index contributed by atoms with van der Waals surface area (Å²) in [6.07, 6.45) is 0.271. The lowest BCUT2D eigenvalue weighted by Crippen LogP contribution is -2.46. The molecule has 0 saturated carbocycles. The molecule has 3 unspecified atom stereocenters. The van der Waals surface area contributed by atoms with Gasteiger partial charge in [-0.1, -0.05) is 30.3 Å². The number of halogens is 2. The Morgan fingerprint density at radius 2 is 2.14 bits per heavy atom. The van der Waals surface area contributed by atoms with Crippen LogP contribution in [0.1, 0.15) is 31.2 Å². The van der Waals surface area contributed by atoms with Crippen LogP contribution in [-0.4, -0.2) is 42.4 Å². The van der Waals surface area contributed by atoms with Gasteiger partial charge in [-0.3, -0.25) is 4.79 Å². The van der Waals surface area contributed by atoms with E-state index in [0.717, 1.165) is 5.56 Å². The highest BCUT2D eigenvalue weighted by Crippen LogP contribution is 2.23. The first-order valence-electron chi connectivity index (χ1n) is 7.42. The van der Waals surface area contributed by atoms with Crippen LogP contribution < -0.4 is 10.6 Å². The van der Waals surface area contributed by atoms with Gasteiger partial charge >= 0.3 is 0 Å². The van der Waals surface area contributed by atoms with Crippen molar-refractivity contribution in [3.63, 3.8) is 0 Å². The van der Waals surface area contributed by atoms with Crippen LogP contribution in [0.2, 0.25) is 0 Å². The second-order valence-electron chi connectivity index (χ2n) is 5.79. The first-order chi connectivity index (χ1) is 10.0. The molecule has 1 aliphatic heterocycles. The summed E-state index contributed by atoms with van der Waals surface area (Å²) in [5.41, 5.74) is -0.761. The molecule has 1 amide bonds. The molecule has 4 nitrogen and oxygen atoms in total. The minimum Gasteiger partial charge on any atom is -0.393 e. The molecule has 1 aliphatic rings. The minimum absolute atomic E-state index is 0. The average Bonchev–Trinajstić information content (AvgIpc) is 2.92. The fourth-order valence-corrected chi connectivity index (χ4v) is 2.70. The van der Waals surface area contributed by atoms with Gasteiger partial charge in [0, 0.05) is 25.4 Å². The summed E-state index contributed by atoms with van der Waals surface area (Å²) in [7, 11) is 0. The molecule has 0 bridgehead atoms. The number of hydrogen-bond acceptors (Lipinski definition) is 3. The van der Waals surface area contributed by atoms with Crippen molar-refractivity contribution in [2.45, 2.75) is 37.5 Å². The van der Waals surface area contributed by atoms with Crippen molar-refractivity contribution in [1.82, 2.24) is 10.6 Å². The summed E-state index contributed by atoms with van der Waals surface area (Å²) < 4.78 is 14.3. The Morgan fingerprint density at radius 1 is 1.45 bits per heavy atom. The third-order valence-electron chi connectivity index (χ3n) is 3.92. The predicted octanol–water partition coefficient (Wildman–Crippen LogP) is 1.78. The van der Waals surface area contributed by atoms with Gasteiger partial charge in [0.05, 0.1) is 6.10 Å². The summed E-state index contributed by atoms with van der Waals surface area (Å²) in [6, 6.07) is 9.68. The Kier molecular flexibility index (Phi) is 7.26. The van der Waals surface area contributed by atoms with Crippen LogP contribution in [0.3, 0.4) is 0 Å². The number of aliphatic hydroxyl groups is 1. The molecular weight excluding hydrogens is 307 g/mol. The molecule has 1 heterocycles. The van der Waals surface area contributed by atoms with Gasteiger partial charge in [0.25, 0.3) is 5.91 Å². The molecular formula is C16H24ClFN2O2. The van der Waals surface area contributed by atoms with Gasteiger partial charge in [-0.05, 0) is 25.5 Å². The number of nitrogens with one attached hydrogen (secondary N) is 2. The molecule has 3 atom stereocenters. The molecule has 2 rings (SSSR count). The first-order valence-corrected chi connectivity index (χ1v) is 7.42. The Hall–Kier alpha value is -1.17. The highest BCUT2D eigenvalue weighted by atomic mass is 35.5. The lowest BCUT2D eigenvalue weighted by molar-refractivity contribution is -0.131. The monoisotopic (exact) mass is 330 g/mol. The van der Waals surface area contributed by atoms with Gasteiger partial charge in [-0.25, -0.2) is 4.39 Å². The smallest absolute Gasteiger partial charge is 0.259 e. The molecule has 1 saturated heterocycles. The summed E-state index contributed by atoms with van der Waals surface area (Å²) in [5.74, 6) is -0.577. The van der Waals surface area contributed by atoms with Crippen molar-refractivity contribution in [2.75, 3.05) is 19.6 Å². The van der Waals surface area contributed by atoms with Gasteiger partial charge in [-0.2, -0.15) is 0 Å². The van der Waals surface area contributed by atoms with Crippen LogP contribution >= 0.6 is 12.4 Å². The van der Waals surface area contributed by atoms with Crippen LogP contribution in [-0.2, 0) is 4.79 Å². The molecule has 124 valence electrons. The third-order valence-corrected chi connectivity index (χ3v) is 3.92. The average molecular weight is 331 g/mol. The zero-order valence-corrected chi connectivity index (χ0v) is 13.5. The van der Waals surface area contributed by atoms with E-state index >= 15 is 0 Å². The van der Waals surface area contributed by atoms with Crippen LogP contribution in [0, 0.1) is 0 Å². The maximum atomic E-state index is 14.3. The van der Waals surface area contributed by atoms with E-state index in [1.807, 2.05) is 30.3 Å². The largest absolute Gasteiger partial charge is 0.393 e. The number of rotatable bonds is 6. The topological polar surface area (TPSA) is 61.4 Å². The van der Waals surface area contributed by atoms with Crippen molar-refractivity contribution in [3.8, 4) is 0 Å². The Bertz CT molecular complexity index is 464. The lowest BCUT2D eigenvalue weighted by atomic mass is 9.93. The number of carbonyl (C=O) groups is 1. The minimum atomic E-state index is -1.80. The van der Waals surface area contributed by atoms with E-state index in [-0.39, 0.29) is 31.3 Å². The zero-order valence-electron chi connectivity index (χ0n) is 12.7. The zero-order chi connectivity index (χ0) is 15.3. The van der Waals surface area contributed by atoms with Gasteiger partial charge in [0.15, 0.2) is 0 Å². The van der Waals surface area contributed by atoms with E-state index in [1.165, 1.54) is 0 Å². The number of alkyl halides is 1. The number of benzene rings is 1. The Morgan fingerprint density at radius 3 is 2.68 bits per heavy atom. The van der Waals surface area contributed by atoms with Crippen LogP contribution in [0.25, 0.3) is 0 Å². The summed E-state index contributed by atoms with van der Waals surface area (Å²) in [6.45, 7) is 2.65. The van der Waals surface area contributed by atoms with E-state index in [1.54, 1.807) is 6.92 Å². The Balaban J connectivity index is 0.00000242. The Labute approximate surface area is 136 Å². The molecule has 1 aromatic carbocycles. The molecule has 6 heteroatoms. The van der Waals surface area contributed by atoms with E-state index < -0.39 is 17.7 Å². The predicted molar refractivity (Wildman–Crippen MR) is 87.1 cm³/mol. The van der Waals surface area contributed by atoms with Gasteiger partial charge in [-0.15, -0.1) is 12.4 Å². The first kappa shape index (κ1) is 18.9. The molecule has 1 fully saturated rings. The van der Waals surface area contributed by atoms with Crippen LogP contribution in [0.5, 0.6) is 0 Å². The fourth-order valence-electron chi connectivity index (χ4n) is 2.70. The van der Waals surface area contributed by atoms with E-state index in [2.05, 4.69) is 10.6 Å². The fraction of sp³-hybridized carbons (Fsp3) is 0.562. The molecule has 0 spiro atoms. The van der Waals surface area contributed by atoms with Gasteiger partial charge < -0.3 is 15.7 Å². The molecule has 0 radical (unpaired) electrons. The van der Waals surface area contributed by atoms with Crippen LogP contribution in [0.15, 0.2) is 30.3 Å². The highest BCUT2D eigenvalue weighted by Gasteiger charge is 2.41. The normalized spacial score (nSPS) is 23.4. The summed E-state index contributed by atoms with van der Waals surface area (Å²) in [5, 5.41) is 15.2. The van der Waals surface area contributed by atoms with Gasteiger partial charge in [0.1, 0.15) is 0 Å². The summed E-state index contributed by atoms with van der Waals surface area (Å²) >= 11 is 0. The standard InChI is InChI=1S/C16H23FN2O2.ClH/c1-12(20)9-14(13-5-3-2-4-6-13)10-19-15(21)16(17)7-8-18-11-16;/h2-6,12,14,18,20H,7-11H2,1H3,(H,19,21);1H. The second kappa shape index (κ2) is 8.46. The third kappa shape index (κ3) is 4.93. The van der Waals surface area contributed by atoms with E-state index in [0.29, 0.717) is 19.5 Å². The van der Waals surface area contributed by atoms with Crippen LogP contribution in [0.4, 0.5) is 4.39 Å². The molecule has 0 aromatic heterocycles. The molecule has 1 aromatic rings. The van der Waals surface area contributed by atoms with Crippen molar-refractivity contribution >= 4 is 18.3 Å².